The summed E-state index contributed by atoms with van der Waals surface area (Å²) in [5.74, 6) is 1.29. The van der Waals surface area contributed by atoms with E-state index in [1.807, 2.05) is 49.2 Å². The van der Waals surface area contributed by atoms with E-state index >= 15 is 0 Å². The van der Waals surface area contributed by atoms with Crippen LogP contribution in [0.1, 0.15) is 23.4 Å². The van der Waals surface area contributed by atoms with Crippen LogP contribution in [-0.4, -0.2) is 64.4 Å². The van der Waals surface area contributed by atoms with Crippen molar-refractivity contribution in [2.45, 2.75) is 26.2 Å². The van der Waals surface area contributed by atoms with E-state index in [2.05, 4.69) is 20.3 Å². The van der Waals surface area contributed by atoms with E-state index in [1.165, 1.54) is 0 Å². The van der Waals surface area contributed by atoms with Crippen molar-refractivity contribution in [1.29, 1.82) is 0 Å². The third-order valence-corrected chi connectivity index (χ3v) is 5.47. The fraction of sp³-hybridized carbons (Fsp3) is 0.500. The number of hydrogen-bond donors (Lipinski definition) is 1. The number of aromatic nitrogens is 3. The van der Waals surface area contributed by atoms with Crippen molar-refractivity contribution < 1.29 is 4.79 Å². The zero-order chi connectivity index (χ0) is 19.9. The minimum absolute atomic E-state index is 0.107. The Labute approximate surface area is 170 Å². The van der Waals surface area contributed by atoms with Crippen LogP contribution in [0.3, 0.4) is 0 Å². The molecule has 0 aromatic carbocycles. The predicted octanol–water partition coefficient (Wildman–Crippen LogP) is 2.88. The first-order chi connectivity index (χ1) is 13.5. The molecule has 0 radical (unpaired) electrons. The average Bonchev–Trinajstić information content (AvgIpc) is 3.06. The number of rotatable bonds is 7. The average molecular weight is 401 g/mol. The van der Waals surface area contributed by atoms with Crippen molar-refractivity contribution in [2.75, 3.05) is 39.0 Å². The van der Waals surface area contributed by atoms with Gasteiger partial charge in [0.1, 0.15) is 12.1 Å². The van der Waals surface area contributed by atoms with Gasteiger partial charge >= 0.3 is 0 Å². The van der Waals surface area contributed by atoms with Crippen LogP contribution < -0.4 is 5.32 Å². The second-order valence-corrected chi connectivity index (χ2v) is 8.69. The molecule has 1 atom stereocenters. The summed E-state index contributed by atoms with van der Waals surface area (Å²) in [7, 11) is 3.98. The largest absolute Gasteiger partial charge is 0.339 e. The second kappa shape index (κ2) is 9.75. The molecule has 1 fully saturated rings. The second-order valence-electron chi connectivity index (χ2n) is 7.46. The van der Waals surface area contributed by atoms with E-state index in [0.717, 1.165) is 60.4 Å². The van der Waals surface area contributed by atoms with Crippen molar-refractivity contribution in [1.82, 2.24) is 24.8 Å². The van der Waals surface area contributed by atoms with Crippen LogP contribution in [0.2, 0.25) is 0 Å². The number of thiazole rings is 1. The number of piperidine rings is 1. The lowest BCUT2D eigenvalue weighted by Gasteiger charge is -2.32. The van der Waals surface area contributed by atoms with Crippen molar-refractivity contribution in [2.24, 2.45) is 5.92 Å². The number of carbonyl (C=O) groups excluding carboxylic acids is 1. The molecule has 150 valence electrons. The molecule has 0 saturated carbocycles. The topological polar surface area (TPSA) is 74.2 Å². The van der Waals surface area contributed by atoms with Gasteiger partial charge in [0.25, 0.3) is 0 Å². The van der Waals surface area contributed by atoms with Crippen LogP contribution in [0.25, 0.3) is 0 Å². The summed E-state index contributed by atoms with van der Waals surface area (Å²) < 4.78 is 0. The van der Waals surface area contributed by atoms with Gasteiger partial charge in [-0.1, -0.05) is 6.08 Å². The first-order valence-corrected chi connectivity index (χ1v) is 10.4. The number of likely N-dealkylation sites (tertiary alicyclic amines) is 1. The number of likely N-dealkylation sites (N-methyl/N-ethyl adjacent to an activating group) is 1. The minimum Gasteiger partial charge on any atom is -0.339 e. The highest BCUT2D eigenvalue weighted by Gasteiger charge is 2.23. The Balaban J connectivity index is 1.56. The summed E-state index contributed by atoms with van der Waals surface area (Å²) in [6.07, 6.45) is 10.1. The summed E-state index contributed by atoms with van der Waals surface area (Å²) in [6.45, 7) is 4.42. The molecule has 1 N–H and O–H groups in total. The molecule has 3 rings (SSSR count). The highest BCUT2D eigenvalue weighted by molar-refractivity contribution is 7.15. The summed E-state index contributed by atoms with van der Waals surface area (Å²) in [5.41, 5.74) is 0.994. The first kappa shape index (κ1) is 20.4. The van der Waals surface area contributed by atoms with Crippen LogP contribution in [0.5, 0.6) is 0 Å². The molecule has 1 aliphatic rings. The highest BCUT2D eigenvalue weighted by Crippen LogP contribution is 2.23. The fourth-order valence-electron chi connectivity index (χ4n) is 3.30. The Bertz CT molecular complexity index is 819. The predicted molar refractivity (Wildman–Crippen MR) is 113 cm³/mol. The van der Waals surface area contributed by atoms with E-state index in [1.54, 1.807) is 23.7 Å². The Kier molecular flexibility index (Phi) is 7.11. The molecule has 1 amide bonds. The summed E-state index contributed by atoms with van der Waals surface area (Å²) >= 11 is 1.60. The van der Waals surface area contributed by atoms with Gasteiger partial charge in [-0.3, -0.25) is 4.79 Å². The van der Waals surface area contributed by atoms with E-state index < -0.39 is 0 Å². The summed E-state index contributed by atoms with van der Waals surface area (Å²) in [6, 6.07) is 1.98. The molecule has 0 spiro atoms. The number of nitrogens with zero attached hydrogens (tertiary/aromatic N) is 5. The molecular weight excluding hydrogens is 372 g/mol. The Morgan fingerprint density at radius 1 is 1.39 bits per heavy atom. The van der Waals surface area contributed by atoms with Gasteiger partial charge < -0.3 is 15.1 Å². The molecule has 0 unspecified atom stereocenters. The zero-order valence-electron chi connectivity index (χ0n) is 16.8. The van der Waals surface area contributed by atoms with E-state index in [4.69, 9.17) is 0 Å². The van der Waals surface area contributed by atoms with Crippen LogP contribution in [-0.2, 0) is 11.2 Å². The third kappa shape index (κ3) is 6.10. The number of amides is 1. The van der Waals surface area contributed by atoms with Gasteiger partial charge in [-0.15, -0.1) is 11.3 Å². The normalized spacial score (nSPS) is 17.4. The molecule has 0 aliphatic carbocycles. The first-order valence-electron chi connectivity index (χ1n) is 9.60. The molecule has 2 aromatic rings. The summed E-state index contributed by atoms with van der Waals surface area (Å²) in [4.78, 5) is 30.6. The lowest BCUT2D eigenvalue weighted by atomic mass is 9.93. The molecule has 3 heterocycles. The summed E-state index contributed by atoms with van der Waals surface area (Å²) in [5, 5.41) is 4.07. The van der Waals surface area contributed by atoms with Crippen LogP contribution in [0.4, 0.5) is 10.9 Å². The van der Waals surface area contributed by atoms with E-state index in [9.17, 15) is 4.79 Å². The quantitative estimate of drug-likeness (QED) is 0.721. The maximum atomic E-state index is 12.4. The monoisotopic (exact) mass is 400 g/mol. The van der Waals surface area contributed by atoms with Crippen LogP contribution in [0.15, 0.2) is 30.7 Å². The van der Waals surface area contributed by atoms with Gasteiger partial charge in [-0.2, -0.15) is 0 Å². The molecular formula is C20H28N6OS. The van der Waals surface area contributed by atoms with E-state index in [0.29, 0.717) is 5.92 Å². The van der Waals surface area contributed by atoms with Crippen LogP contribution in [0, 0.1) is 12.8 Å². The molecule has 8 heteroatoms. The van der Waals surface area contributed by atoms with Crippen LogP contribution >= 0.6 is 11.3 Å². The van der Waals surface area contributed by atoms with Crippen molar-refractivity contribution in [3.05, 3.63) is 41.3 Å². The van der Waals surface area contributed by atoms with Crippen molar-refractivity contribution in [3.63, 3.8) is 0 Å². The van der Waals surface area contributed by atoms with Crippen molar-refractivity contribution >= 4 is 28.2 Å². The Morgan fingerprint density at radius 3 is 3.00 bits per heavy atom. The maximum absolute atomic E-state index is 12.4. The number of carbonyl (C=O) groups is 1. The SMILES string of the molecule is Cc1cnc(Nc2cc(C[C@H]3CCCN(C(=O)/C=C/CN(C)C)C3)ncn2)s1. The lowest BCUT2D eigenvalue weighted by molar-refractivity contribution is -0.127. The van der Waals surface area contributed by atoms with Crippen molar-refractivity contribution in [3.8, 4) is 0 Å². The molecule has 1 aliphatic heterocycles. The fourth-order valence-corrected chi connectivity index (χ4v) is 3.97. The molecule has 1 saturated heterocycles. The zero-order valence-corrected chi connectivity index (χ0v) is 17.6. The van der Waals surface area contributed by atoms with Gasteiger partial charge in [0.15, 0.2) is 5.13 Å². The smallest absolute Gasteiger partial charge is 0.246 e. The van der Waals surface area contributed by atoms with Gasteiger partial charge in [-0.05, 0) is 46.2 Å². The standard InChI is InChI=1S/C20H28N6OS/c1-15-12-21-20(28-15)24-18-11-17(22-14-23-18)10-16-6-4-9-26(13-16)19(27)7-5-8-25(2)3/h5,7,11-12,14,16H,4,6,8-10,13H2,1-3H3,(H,21,22,23,24)/b7-5+/t16-/m1/s1. The highest BCUT2D eigenvalue weighted by atomic mass is 32.1. The van der Waals surface area contributed by atoms with Gasteiger partial charge in [0.05, 0.1) is 0 Å². The van der Waals surface area contributed by atoms with E-state index in [-0.39, 0.29) is 5.91 Å². The Hall–Kier alpha value is -2.32. The Morgan fingerprint density at radius 2 is 2.25 bits per heavy atom. The molecule has 0 bridgehead atoms. The number of nitrogens with one attached hydrogen (secondary N) is 1. The van der Waals surface area contributed by atoms with Gasteiger partial charge in [-0.25, -0.2) is 15.0 Å². The van der Waals surface area contributed by atoms with Gasteiger partial charge in [0, 0.05) is 48.5 Å². The number of aryl methyl sites for hydroxylation is 1. The minimum atomic E-state index is 0.107. The molecule has 7 nitrogen and oxygen atoms in total. The third-order valence-electron chi connectivity index (χ3n) is 4.64. The number of hydrogen-bond acceptors (Lipinski definition) is 7. The van der Waals surface area contributed by atoms with Gasteiger partial charge in [0.2, 0.25) is 5.91 Å². The number of anilines is 2. The maximum Gasteiger partial charge on any atom is 0.246 e. The lowest BCUT2D eigenvalue weighted by Crippen LogP contribution is -2.39. The molecule has 28 heavy (non-hydrogen) atoms. The molecule has 2 aromatic heterocycles.